The van der Waals surface area contributed by atoms with Gasteiger partial charge < -0.3 is 4.42 Å². The second kappa shape index (κ2) is 8.32. The maximum Gasteiger partial charge on any atom is 0.266 e. The SMILES string of the molecule is O=C(/C=C/c1ccccc1)c1ccc(-n2c(-c3ccco3)nc3ccccc3c2=O)cc1. The fourth-order valence-corrected chi connectivity index (χ4v) is 3.55. The number of ketones is 1. The number of allylic oxidation sites excluding steroid dienone is 1. The van der Waals surface area contributed by atoms with Gasteiger partial charge in [-0.05, 0) is 60.2 Å². The lowest BCUT2D eigenvalue weighted by molar-refractivity contribution is 0.104. The van der Waals surface area contributed by atoms with E-state index >= 15 is 0 Å². The van der Waals surface area contributed by atoms with E-state index < -0.39 is 0 Å². The second-order valence-electron chi connectivity index (χ2n) is 7.23. The maximum atomic E-state index is 13.3. The van der Waals surface area contributed by atoms with E-state index in [-0.39, 0.29) is 11.3 Å². The Balaban J connectivity index is 1.55. The highest BCUT2D eigenvalue weighted by Gasteiger charge is 2.16. The number of rotatable bonds is 5. The number of benzene rings is 3. The van der Waals surface area contributed by atoms with Crippen LogP contribution in [0.1, 0.15) is 15.9 Å². The van der Waals surface area contributed by atoms with Gasteiger partial charge in [0.1, 0.15) is 0 Å². The van der Waals surface area contributed by atoms with E-state index in [2.05, 4.69) is 4.98 Å². The summed E-state index contributed by atoms with van der Waals surface area (Å²) in [7, 11) is 0. The Morgan fingerprint density at radius 2 is 1.59 bits per heavy atom. The van der Waals surface area contributed by atoms with Gasteiger partial charge in [-0.1, -0.05) is 48.5 Å². The van der Waals surface area contributed by atoms with Crippen LogP contribution in [0.25, 0.3) is 34.3 Å². The number of hydrogen-bond acceptors (Lipinski definition) is 4. The van der Waals surface area contributed by atoms with E-state index in [1.54, 1.807) is 66.9 Å². The summed E-state index contributed by atoms with van der Waals surface area (Å²) >= 11 is 0. The number of furan rings is 1. The van der Waals surface area contributed by atoms with Gasteiger partial charge in [0.05, 0.1) is 22.9 Å². The van der Waals surface area contributed by atoms with Crippen LogP contribution >= 0.6 is 0 Å². The molecular weight excluding hydrogens is 400 g/mol. The second-order valence-corrected chi connectivity index (χ2v) is 7.23. The summed E-state index contributed by atoms with van der Waals surface area (Å²) in [4.78, 5) is 30.6. The summed E-state index contributed by atoms with van der Waals surface area (Å²) in [5.74, 6) is 0.774. The van der Waals surface area contributed by atoms with Crippen LogP contribution in [-0.2, 0) is 0 Å². The molecule has 0 saturated carbocycles. The normalized spacial score (nSPS) is 11.2. The summed E-state index contributed by atoms with van der Waals surface area (Å²) in [5.41, 5.74) is 2.47. The van der Waals surface area contributed by atoms with Crippen LogP contribution in [0.5, 0.6) is 0 Å². The quantitative estimate of drug-likeness (QED) is 0.278. The highest BCUT2D eigenvalue weighted by atomic mass is 16.3. The van der Waals surface area contributed by atoms with E-state index in [1.165, 1.54) is 4.57 Å². The zero-order chi connectivity index (χ0) is 21.9. The number of hydrogen-bond donors (Lipinski definition) is 0. The molecule has 5 heteroatoms. The fraction of sp³-hybridized carbons (Fsp3) is 0. The van der Waals surface area contributed by atoms with Crippen molar-refractivity contribution in [1.82, 2.24) is 9.55 Å². The van der Waals surface area contributed by atoms with Gasteiger partial charge in [0.15, 0.2) is 17.4 Å². The van der Waals surface area contributed by atoms with E-state index in [4.69, 9.17) is 4.42 Å². The monoisotopic (exact) mass is 418 g/mol. The van der Waals surface area contributed by atoms with Crippen LogP contribution in [0.2, 0.25) is 0 Å². The Hall–Kier alpha value is -4.51. The van der Waals surface area contributed by atoms with Gasteiger partial charge in [-0.15, -0.1) is 0 Å². The predicted molar refractivity (Wildman–Crippen MR) is 125 cm³/mol. The molecule has 3 aromatic carbocycles. The van der Waals surface area contributed by atoms with Crippen LogP contribution in [0.3, 0.4) is 0 Å². The minimum absolute atomic E-state index is 0.115. The maximum absolute atomic E-state index is 13.3. The van der Waals surface area contributed by atoms with Gasteiger partial charge >= 0.3 is 0 Å². The number of nitrogens with zero attached hydrogens (tertiary/aromatic N) is 2. The van der Waals surface area contributed by atoms with Crippen molar-refractivity contribution in [3.05, 3.63) is 125 Å². The average molecular weight is 418 g/mol. The van der Waals surface area contributed by atoms with Crippen LogP contribution in [0, 0.1) is 0 Å². The molecule has 0 aliphatic heterocycles. The van der Waals surface area contributed by atoms with Gasteiger partial charge in [-0.2, -0.15) is 0 Å². The molecule has 0 amide bonds. The van der Waals surface area contributed by atoms with Gasteiger partial charge in [0, 0.05) is 5.56 Å². The van der Waals surface area contributed by atoms with Crippen molar-refractivity contribution in [1.29, 1.82) is 0 Å². The van der Waals surface area contributed by atoms with Gasteiger partial charge in [-0.3, -0.25) is 14.2 Å². The molecule has 0 spiro atoms. The fourth-order valence-electron chi connectivity index (χ4n) is 3.55. The molecular formula is C27H18N2O3. The molecule has 0 unspecified atom stereocenters. The summed E-state index contributed by atoms with van der Waals surface area (Å²) in [6, 6.07) is 27.3. The molecule has 0 atom stereocenters. The predicted octanol–water partition coefficient (Wildman–Crippen LogP) is 5.54. The van der Waals surface area contributed by atoms with Crippen LogP contribution in [0.4, 0.5) is 0 Å². The van der Waals surface area contributed by atoms with Crippen molar-refractivity contribution in [2.75, 3.05) is 0 Å². The Kier molecular flexibility index (Phi) is 5.06. The highest BCUT2D eigenvalue weighted by molar-refractivity contribution is 6.06. The standard InChI is InChI=1S/C27H18N2O3/c30-24(17-12-19-7-2-1-3-8-19)20-13-15-21(16-14-20)29-26(25-11-6-18-32-25)28-23-10-5-4-9-22(23)27(29)31/h1-18H/b17-12+. The summed E-state index contributed by atoms with van der Waals surface area (Å²) < 4.78 is 7.05. The molecule has 0 radical (unpaired) electrons. The molecule has 2 aromatic heterocycles. The third-order valence-corrected chi connectivity index (χ3v) is 5.15. The lowest BCUT2D eigenvalue weighted by Crippen LogP contribution is -2.21. The third-order valence-electron chi connectivity index (χ3n) is 5.15. The molecule has 0 saturated heterocycles. The summed E-state index contributed by atoms with van der Waals surface area (Å²) in [6.45, 7) is 0. The lowest BCUT2D eigenvalue weighted by atomic mass is 10.1. The van der Waals surface area contributed by atoms with E-state index in [1.807, 2.05) is 42.5 Å². The Morgan fingerprint density at radius 3 is 2.34 bits per heavy atom. The molecule has 0 N–H and O–H groups in total. The molecule has 2 heterocycles. The van der Waals surface area contributed by atoms with Crippen molar-refractivity contribution in [2.45, 2.75) is 0 Å². The van der Waals surface area contributed by atoms with E-state index in [0.29, 0.717) is 33.7 Å². The topological polar surface area (TPSA) is 65.1 Å². The first-order valence-electron chi connectivity index (χ1n) is 10.1. The minimum atomic E-state index is -0.204. The molecule has 5 nitrogen and oxygen atoms in total. The van der Waals surface area contributed by atoms with Crippen molar-refractivity contribution in [3.63, 3.8) is 0 Å². The van der Waals surface area contributed by atoms with Crippen LogP contribution in [-0.4, -0.2) is 15.3 Å². The molecule has 0 fully saturated rings. The van der Waals surface area contributed by atoms with Crippen LogP contribution < -0.4 is 5.56 Å². The first kappa shape index (κ1) is 19.5. The molecule has 0 aliphatic rings. The Morgan fingerprint density at radius 1 is 0.844 bits per heavy atom. The number of aromatic nitrogens is 2. The highest BCUT2D eigenvalue weighted by Crippen LogP contribution is 2.23. The summed E-state index contributed by atoms with van der Waals surface area (Å²) in [6.07, 6.45) is 4.87. The molecule has 0 aliphatic carbocycles. The van der Waals surface area contributed by atoms with Crippen molar-refractivity contribution >= 4 is 22.8 Å². The van der Waals surface area contributed by atoms with Gasteiger partial charge in [0.2, 0.25) is 0 Å². The minimum Gasteiger partial charge on any atom is -0.461 e. The molecule has 5 aromatic rings. The summed E-state index contributed by atoms with van der Waals surface area (Å²) in [5, 5.41) is 0.508. The lowest BCUT2D eigenvalue weighted by Gasteiger charge is -2.12. The van der Waals surface area contributed by atoms with Gasteiger partial charge in [-0.25, -0.2) is 4.98 Å². The Bertz CT molecular complexity index is 1480. The third kappa shape index (κ3) is 3.68. The van der Waals surface area contributed by atoms with E-state index in [9.17, 15) is 9.59 Å². The first-order chi connectivity index (χ1) is 15.7. The largest absolute Gasteiger partial charge is 0.461 e. The zero-order valence-electron chi connectivity index (χ0n) is 17.0. The van der Waals surface area contributed by atoms with E-state index in [0.717, 1.165) is 5.56 Å². The van der Waals surface area contributed by atoms with Crippen molar-refractivity contribution in [2.24, 2.45) is 0 Å². The smallest absolute Gasteiger partial charge is 0.266 e. The number of para-hydroxylation sites is 1. The average Bonchev–Trinajstić information content (AvgIpc) is 3.38. The molecule has 32 heavy (non-hydrogen) atoms. The number of carbonyl (C=O) groups is 1. The van der Waals surface area contributed by atoms with Gasteiger partial charge in [0.25, 0.3) is 5.56 Å². The van der Waals surface area contributed by atoms with Crippen LogP contribution in [0.15, 0.2) is 113 Å². The molecule has 0 bridgehead atoms. The Labute approximate surface area is 183 Å². The van der Waals surface area contributed by atoms with Crippen molar-refractivity contribution < 1.29 is 9.21 Å². The molecule has 154 valence electrons. The number of carbonyl (C=O) groups excluding carboxylic acids is 1. The zero-order valence-corrected chi connectivity index (χ0v) is 17.0. The van der Waals surface area contributed by atoms with Crippen molar-refractivity contribution in [3.8, 4) is 17.3 Å². The number of fused-ring (bicyclic) bond motifs is 1. The molecule has 5 rings (SSSR count). The first-order valence-corrected chi connectivity index (χ1v) is 10.1.